The van der Waals surface area contributed by atoms with Crippen molar-refractivity contribution in [3.05, 3.63) is 53.8 Å². The lowest BCUT2D eigenvalue weighted by Crippen LogP contribution is -2.27. The van der Waals surface area contributed by atoms with E-state index >= 15 is 0 Å². The van der Waals surface area contributed by atoms with Crippen molar-refractivity contribution in [3.8, 4) is 0 Å². The molecule has 110 valence electrons. The van der Waals surface area contributed by atoms with Gasteiger partial charge in [0.2, 0.25) is 0 Å². The third-order valence-corrected chi connectivity index (χ3v) is 3.63. The van der Waals surface area contributed by atoms with Crippen LogP contribution in [-0.4, -0.2) is 34.1 Å². The van der Waals surface area contributed by atoms with E-state index < -0.39 is 6.10 Å². The molecule has 2 aromatic rings. The number of pyridine rings is 1. The van der Waals surface area contributed by atoms with Crippen LogP contribution >= 0.6 is 11.3 Å². The average molecular weight is 304 g/mol. The van der Waals surface area contributed by atoms with Gasteiger partial charge in [-0.05, 0) is 17.7 Å². The number of nitrogens with zero attached hydrogens (tertiary/aromatic N) is 2. The van der Waals surface area contributed by atoms with Crippen LogP contribution in [0.1, 0.15) is 21.3 Å². The highest BCUT2D eigenvalue weighted by Gasteiger charge is 2.13. The van der Waals surface area contributed by atoms with E-state index in [2.05, 4.69) is 27.2 Å². The Bertz CT molecular complexity index is 600. The van der Waals surface area contributed by atoms with Crippen molar-refractivity contribution in [2.45, 2.75) is 6.10 Å². The molecular formula is C14H16N4O2S. The third-order valence-electron chi connectivity index (χ3n) is 2.67. The smallest absolute Gasteiger partial charge is 0.263 e. The lowest BCUT2D eigenvalue weighted by molar-refractivity contribution is 0.0920. The van der Waals surface area contributed by atoms with E-state index in [1.165, 1.54) is 17.5 Å². The number of aliphatic hydroxyl groups is 1. The molecule has 0 bridgehead atoms. The summed E-state index contributed by atoms with van der Waals surface area (Å²) in [6, 6.07) is 3.42. The molecule has 7 heteroatoms. The van der Waals surface area contributed by atoms with Gasteiger partial charge in [0.05, 0.1) is 12.3 Å². The largest absolute Gasteiger partial charge is 0.387 e. The molecule has 0 aliphatic rings. The van der Waals surface area contributed by atoms with Gasteiger partial charge in [-0.25, -0.2) is 4.98 Å². The molecule has 21 heavy (non-hydrogen) atoms. The molecule has 0 saturated heterocycles. The summed E-state index contributed by atoms with van der Waals surface area (Å²) in [5, 5.41) is 16.3. The summed E-state index contributed by atoms with van der Waals surface area (Å²) in [5.41, 5.74) is 0.711. The number of anilines is 1. The average Bonchev–Trinajstić information content (AvgIpc) is 3.00. The lowest BCUT2D eigenvalue weighted by Gasteiger charge is -2.11. The minimum absolute atomic E-state index is 0.135. The van der Waals surface area contributed by atoms with Crippen LogP contribution in [0.4, 0.5) is 5.13 Å². The second kappa shape index (κ2) is 7.51. The van der Waals surface area contributed by atoms with E-state index in [9.17, 15) is 9.90 Å². The monoisotopic (exact) mass is 304 g/mol. The summed E-state index contributed by atoms with van der Waals surface area (Å²) in [4.78, 5) is 20.4. The second-order valence-corrected chi connectivity index (χ2v) is 5.24. The normalized spacial score (nSPS) is 11.7. The van der Waals surface area contributed by atoms with Gasteiger partial charge in [-0.15, -0.1) is 6.58 Å². The van der Waals surface area contributed by atoms with Gasteiger partial charge in [-0.1, -0.05) is 17.4 Å². The quantitative estimate of drug-likeness (QED) is 0.676. The van der Waals surface area contributed by atoms with Crippen LogP contribution in [-0.2, 0) is 0 Å². The zero-order valence-electron chi connectivity index (χ0n) is 11.3. The number of carbonyl (C=O) groups excluding carboxylic acids is 1. The molecule has 0 radical (unpaired) electrons. The molecule has 0 aliphatic carbocycles. The predicted molar refractivity (Wildman–Crippen MR) is 82.3 cm³/mol. The first-order valence-electron chi connectivity index (χ1n) is 6.37. The van der Waals surface area contributed by atoms with Crippen LogP contribution in [0.25, 0.3) is 0 Å². The van der Waals surface area contributed by atoms with Crippen molar-refractivity contribution >= 4 is 22.4 Å². The Kier molecular flexibility index (Phi) is 5.42. The summed E-state index contributed by atoms with van der Waals surface area (Å²) < 4.78 is 0. The van der Waals surface area contributed by atoms with Gasteiger partial charge in [-0.3, -0.25) is 9.78 Å². The van der Waals surface area contributed by atoms with Crippen LogP contribution in [0.3, 0.4) is 0 Å². The highest BCUT2D eigenvalue weighted by molar-refractivity contribution is 7.17. The molecule has 2 aromatic heterocycles. The maximum absolute atomic E-state index is 12.0. The first kappa shape index (κ1) is 15.1. The lowest BCUT2D eigenvalue weighted by atomic mass is 10.1. The van der Waals surface area contributed by atoms with E-state index in [0.717, 1.165) is 0 Å². The van der Waals surface area contributed by atoms with Crippen molar-refractivity contribution in [2.75, 3.05) is 18.4 Å². The Morgan fingerprint density at radius 3 is 2.95 bits per heavy atom. The molecule has 0 spiro atoms. The minimum atomic E-state index is -0.761. The van der Waals surface area contributed by atoms with Crippen LogP contribution in [0, 0.1) is 0 Å². The Balaban J connectivity index is 1.87. The Morgan fingerprint density at radius 2 is 2.24 bits per heavy atom. The maximum atomic E-state index is 12.0. The number of aliphatic hydroxyl groups excluding tert-OH is 1. The fourth-order valence-electron chi connectivity index (χ4n) is 1.60. The zero-order chi connectivity index (χ0) is 15.1. The number of hydrogen-bond donors (Lipinski definition) is 3. The molecule has 0 fully saturated rings. The van der Waals surface area contributed by atoms with E-state index in [1.54, 1.807) is 30.6 Å². The first-order valence-corrected chi connectivity index (χ1v) is 7.19. The summed E-state index contributed by atoms with van der Waals surface area (Å²) >= 11 is 1.25. The molecule has 1 amide bonds. The molecule has 0 saturated carbocycles. The number of nitrogens with one attached hydrogen (secondary N) is 2. The molecular weight excluding hydrogens is 288 g/mol. The van der Waals surface area contributed by atoms with Gasteiger partial charge >= 0.3 is 0 Å². The number of hydrogen-bond acceptors (Lipinski definition) is 6. The van der Waals surface area contributed by atoms with Crippen LogP contribution in [0.5, 0.6) is 0 Å². The summed E-state index contributed by atoms with van der Waals surface area (Å²) in [6.07, 6.45) is 5.65. The van der Waals surface area contributed by atoms with E-state index in [1.807, 2.05) is 0 Å². The topological polar surface area (TPSA) is 87.1 Å². The Hall–Kier alpha value is -2.25. The van der Waals surface area contributed by atoms with Crippen molar-refractivity contribution < 1.29 is 9.90 Å². The molecule has 2 heterocycles. The Morgan fingerprint density at radius 1 is 1.48 bits per heavy atom. The van der Waals surface area contributed by atoms with E-state index in [4.69, 9.17) is 0 Å². The van der Waals surface area contributed by atoms with Crippen molar-refractivity contribution in [2.24, 2.45) is 0 Å². The number of carbonyl (C=O) groups is 1. The number of rotatable bonds is 7. The maximum Gasteiger partial charge on any atom is 0.263 e. The molecule has 0 aromatic carbocycles. The molecule has 1 atom stereocenters. The third kappa shape index (κ3) is 4.37. The highest BCUT2D eigenvalue weighted by Crippen LogP contribution is 2.18. The zero-order valence-corrected chi connectivity index (χ0v) is 12.1. The van der Waals surface area contributed by atoms with Gasteiger partial charge in [0.25, 0.3) is 5.91 Å². The van der Waals surface area contributed by atoms with Crippen molar-refractivity contribution in [1.29, 1.82) is 0 Å². The van der Waals surface area contributed by atoms with Gasteiger partial charge in [-0.2, -0.15) is 0 Å². The van der Waals surface area contributed by atoms with Gasteiger partial charge < -0.3 is 15.7 Å². The van der Waals surface area contributed by atoms with Crippen LogP contribution in [0.2, 0.25) is 0 Å². The van der Waals surface area contributed by atoms with Crippen molar-refractivity contribution in [3.63, 3.8) is 0 Å². The second-order valence-electron chi connectivity index (χ2n) is 4.21. The summed E-state index contributed by atoms with van der Waals surface area (Å²) in [5.74, 6) is -0.257. The van der Waals surface area contributed by atoms with Crippen LogP contribution < -0.4 is 10.6 Å². The van der Waals surface area contributed by atoms with Gasteiger partial charge in [0.1, 0.15) is 4.88 Å². The fourth-order valence-corrected chi connectivity index (χ4v) is 2.34. The molecule has 3 N–H and O–H groups in total. The molecule has 1 unspecified atom stereocenters. The SMILES string of the molecule is C=CCNc1ncc(C(=O)NCC(O)c2ccncc2)s1. The van der Waals surface area contributed by atoms with E-state index in [0.29, 0.717) is 22.1 Å². The van der Waals surface area contributed by atoms with Crippen LogP contribution in [0.15, 0.2) is 43.4 Å². The number of thiazole rings is 1. The van der Waals surface area contributed by atoms with Gasteiger partial charge in [0, 0.05) is 25.5 Å². The van der Waals surface area contributed by atoms with E-state index in [-0.39, 0.29) is 12.5 Å². The molecule has 6 nitrogen and oxygen atoms in total. The fraction of sp³-hybridized carbons (Fsp3) is 0.214. The summed E-state index contributed by atoms with van der Waals surface area (Å²) in [6.45, 7) is 4.33. The molecule has 0 aliphatic heterocycles. The number of aromatic nitrogens is 2. The standard InChI is InChI=1S/C14H16N4O2S/c1-2-5-16-14-18-9-12(21-14)13(20)17-8-11(19)10-3-6-15-7-4-10/h2-4,6-7,9,11,19H,1,5,8H2,(H,16,18)(H,17,20). The number of amides is 1. The Labute approximate surface area is 126 Å². The minimum Gasteiger partial charge on any atom is -0.387 e. The molecule has 2 rings (SSSR count). The summed E-state index contributed by atoms with van der Waals surface area (Å²) in [7, 11) is 0. The van der Waals surface area contributed by atoms with Gasteiger partial charge in [0.15, 0.2) is 5.13 Å². The van der Waals surface area contributed by atoms with Crippen molar-refractivity contribution in [1.82, 2.24) is 15.3 Å². The highest BCUT2D eigenvalue weighted by atomic mass is 32.1. The predicted octanol–water partition coefficient (Wildman–Crippen LogP) is 1.60. The first-order chi connectivity index (χ1) is 10.2.